The molecule has 2 rings (SSSR count). The summed E-state index contributed by atoms with van der Waals surface area (Å²) in [5.41, 5.74) is 0. The zero-order chi connectivity index (χ0) is 9.80. The highest BCUT2D eigenvalue weighted by molar-refractivity contribution is 5.29. The summed E-state index contributed by atoms with van der Waals surface area (Å²) in [6, 6.07) is 1.80. The SMILES string of the molecule is N#CN1CCN(c2ncccn2)CC1. The summed E-state index contributed by atoms with van der Waals surface area (Å²) in [6.07, 6.45) is 5.61. The van der Waals surface area contributed by atoms with Gasteiger partial charge in [-0.2, -0.15) is 5.26 Å². The molecule has 14 heavy (non-hydrogen) atoms. The van der Waals surface area contributed by atoms with E-state index in [0.29, 0.717) is 0 Å². The molecule has 0 bridgehead atoms. The number of rotatable bonds is 1. The van der Waals surface area contributed by atoms with E-state index in [4.69, 9.17) is 5.26 Å². The number of piperazine rings is 1. The van der Waals surface area contributed by atoms with E-state index in [1.165, 1.54) is 0 Å². The molecule has 0 aromatic carbocycles. The Labute approximate surface area is 82.6 Å². The maximum Gasteiger partial charge on any atom is 0.225 e. The first-order valence-electron chi connectivity index (χ1n) is 4.57. The maximum absolute atomic E-state index is 8.67. The van der Waals surface area contributed by atoms with Gasteiger partial charge in [0.15, 0.2) is 6.19 Å². The molecule has 1 saturated heterocycles. The predicted molar refractivity (Wildman–Crippen MR) is 51.4 cm³/mol. The molecule has 0 amide bonds. The molecule has 0 radical (unpaired) electrons. The maximum atomic E-state index is 8.67. The van der Waals surface area contributed by atoms with E-state index < -0.39 is 0 Å². The molecule has 1 aromatic rings. The summed E-state index contributed by atoms with van der Waals surface area (Å²) in [7, 11) is 0. The minimum absolute atomic E-state index is 0.755. The molecule has 0 unspecified atom stereocenters. The van der Waals surface area contributed by atoms with Crippen LogP contribution < -0.4 is 4.90 Å². The molecular formula is C9H11N5. The summed E-state index contributed by atoms with van der Waals surface area (Å²) in [6.45, 7) is 3.15. The topological polar surface area (TPSA) is 56.1 Å². The second-order valence-electron chi connectivity index (χ2n) is 3.12. The van der Waals surface area contributed by atoms with Crippen molar-refractivity contribution in [2.24, 2.45) is 0 Å². The summed E-state index contributed by atoms with van der Waals surface area (Å²) in [5, 5.41) is 8.67. The molecule has 0 spiro atoms. The molecule has 1 fully saturated rings. The molecule has 5 heteroatoms. The summed E-state index contributed by atoms with van der Waals surface area (Å²) in [5.74, 6) is 0.755. The number of anilines is 1. The van der Waals surface area contributed by atoms with Crippen LogP contribution in [0.5, 0.6) is 0 Å². The van der Waals surface area contributed by atoms with E-state index in [9.17, 15) is 0 Å². The van der Waals surface area contributed by atoms with Gasteiger partial charge in [-0.3, -0.25) is 0 Å². The molecular weight excluding hydrogens is 178 g/mol. The third-order valence-electron chi connectivity index (χ3n) is 2.26. The predicted octanol–water partition coefficient (Wildman–Crippen LogP) is 0.0797. The van der Waals surface area contributed by atoms with Crippen molar-refractivity contribution in [2.75, 3.05) is 31.1 Å². The Balaban J connectivity index is 2.00. The van der Waals surface area contributed by atoms with Crippen molar-refractivity contribution in [3.8, 4) is 6.19 Å². The van der Waals surface area contributed by atoms with Crippen molar-refractivity contribution in [1.29, 1.82) is 5.26 Å². The Morgan fingerprint density at radius 3 is 2.36 bits per heavy atom. The second-order valence-corrected chi connectivity index (χ2v) is 3.12. The van der Waals surface area contributed by atoms with E-state index >= 15 is 0 Å². The number of nitriles is 1. The Morgan fingerprint density at radius 1 is 1.14 bits per heavy atom. The van der Waals surface area contributed by atoms with Crippen molar-refractivity contribution in [2.45, 2.75) is 0 Å². The van der Waals surface area contributed by atoms with Crippen molar-refractivity contribution in [1.82, 2.24) is 14.9 Å². The van der Waals surface area contributed by atoms with E-state index in [1.807, 2.05) is 0 Å². The molecule has 0 saturated carbocycles. The molecule has 5 nitrogen and oxygen atoms in total. The van der Waals surface area contributed by atoms with Crippen molar-refractivity contribution < 1.29 is 0 Å². The van der Waals surface area contributed by atoms with Gasteiger partial charge in [-0.25, -0.2) is 9.97 Å². The average molecular weight is 189 g/mol. The van der Waals surface area contributed by atoms with Gasteiger partial charge in [0.1, 0.15) is 0 Å². The highest BCUT2D eigenvalue weighted by Crippen LogP contribution is 2.08. The lowest BCUT2D eigenvalue weighted by molar-refractivity contribution is 0.360. The van der Waals surface area contributed by atoms with Crippen LogP contribution >= 0.6 is 0 Å². The summed E-state index contributed by atoms with van der Waals surface area (Å²) >= 11 is 0. The molecule has 2 heterocycles. The van der Waals surface area contributed by atoms with Crippen LogP contribution in [0.15, 0.2) is 18.5 Å². The number of aromatic nitrogens is 2. The zero-order valence-corrected chi connectivity index (χ0v) is 7.80. The highest BCUT2D eigenvalue weighted by Gasteiger charge is 2.16. The van der Waals surface area contributed by atoms with Crippen LogP contribution in [-0.2, 0) is 0 Å². The first-order chi connectivity index (χ1) is 6.90. The third-order valence-corrected chi connectivity index (χ3v) is 2.26. The van der Waals surface area contributed by atoms with Crippen LogP contribution in [0.1, 0.15) is 0 Å². The van der Waals surface area contributed by atoms with Gasteiger partial charge in [0.25, 0.3) is 0 Å². The monoisotopic (exact) mass is 189 g/mol. The largest absolute Gasteiger partial charge is 0.337 e. The quantitative estimate of drug-likeness (QED) is 0.585. The van der Waals surface area contributed by atoms with Gasteiger partial charge in [-0.15, -0.1) is 0 Å². The first kappa shape index (κ1) is 8.75. The normalized spacial score (nSPS) is 16.5. The molecule has 0 aliphatic carbocycles. The van der Waals surface area contributed by atoms with E-state index in [2.05, 4.69) is 21.1 Å². The van der Waals surface area contributed by atoms with Gasteiger partial charge < -0.3 is 9.80 Å². The molecule has 1 aromatic heterocycles. The Kier molecular flexibility index (Phi) is 2.45. The van der Waals surface area contributed by atoms with Crippen LogP contribution in [-0.4, -0.2) is 41.0 Å². The second kappa shape index (κ2) is 3.92. The summed E-state index contributed by atoms with van der Waals surface area (Å²) < 4.78 is 0. The van der Waals surface area contributed by atoms with Gasteiger partial charge in [-0.05, 0) is 6.07 Å². The molecule has 1 aliphatic rings. The van der Waals surface area contributed by atoms with E-state index in [1.54, 1.807) is 23.4 Å². The van der Waals surface area contributed by atoms with Crippen LogP contribution in [0.2, 0.25) is 0 Å². The smallest absolute Gasteiger partial charge is 0.225 e. The Morgan fingerprint density at radius 2 is 1.79 bits per heavy atom. The van der Waals surface area contributed by atoms with Gasteiger partial charge in [0.05, 0.1) is 0 Å². The van der Waals surface area contributed by atoms with Crippen molar-refractivity contribution >= 4 is 5.95 Å². The number of hydrogen-bond acceptors (Lipinski definition) is 5. The fourth-order valence-electron chi connectivity index (χ4n) is 1.46. The fourth-order valence-corrected chi connectivity index (χ4v) is 1.46. The Bertz CT molecular complexity index is 323. The minimum atomic E-state index is 0.755. The van der Waals surface area contributed by atoms with Gasteiger partial charge in [0, 0.05) is 38.6 Å². The highest BCUT2D eigenvalue weighted by atomic mass is 15.3. The van der Waals surface area contributed by atoms with Crippen LogP contribution in [0.4, 0.5) is 5.95 Å². The minimum Gasteiger partial charge on any atom is -0.337 e. The number of hydrogen-bond donors (Lipinski definition) is 0. The van der Waals surface area contributed by atoms with Crippen molar-refractivity contribution in [3.05, 3.63) is 18.5 Å². The zero-order valence-electron chi connectivity index (χ0n) is 7.80. The van der Waals surface area contributed by atoms with Gasteiger partial charge in [-0.1, -0.05) is 0 Å². The van der Waals surface area contributed by atoms with E-state index in [0.717, 1.165) is 32.1 Å². The van der Waals surface area contributed by atoms with Gasteiger partial charge >= 0.3 is 0 Å². The fraction of sp³-hybridized carbons (Fsp3) is 0.444. The lowest BCUT2D eigenvalue weighted by Crippen LogP contribution is -2.44. The Hall–Kier alpha value is -1.83. The summed E-state index contributed by atoms with van der Waals surface area (Å²) in [4.78, 5) is 12.2. The van der Waals surface area contributed by atoms with Crippen molar-refractivity contribution in [3.63, 3.8) is 0 Å². The molecule has 0 N–H and O–H groups in total. The van der Waals surface area contributed by atoms with Gasteiger partial charge in [0.2, 0.25) is 5.95 Å². The molecule has 1 aliphatic heterocycles. The number of nitrogens with zero attached hydrogens (tertiary/aromatic N) is 5. The van der Waals surface area contributed by atoms with E-state index in [-0.39, 0.29) is 0 Å². The lowest BCUT2D eigenvalue weighted by atomic mass is 10.3. The van der Waals surface area contributed by atoms with Crippen LogP contribution in [0, 0.1) is 11.5 Å². The first-order valence-corrected chi connectivity index (χ1v) is 4.57. The molecule has 0 atom stereocenters. The third kappa shape index (κ3) is 1.74. The molecule has 72 valence electrons. The average Bonchev–Trinajstić information content (AvgIpc) is 2.30. The van der Waals surface area contributed by atoms with Crippen LogP contribution in [0.25, 0.3) is 0 Å². The van der Waals surface area contributed by atoms with Crippen LogP contribution in [0.3, 0.4) is 0 Å². The standard InChI is InChI=1S/C9H11N5/c10-8-13-4-6-14(7-5-13)9-11-2-1-3-12-9/h1-3H,4-7H2. The lowest BCUT2D eigenvalue weighted by Gasteiger charge is -2.31.